The Morgan fingerprint density at radius 3 is 2.33 bits per heavy atom. The van der Waals surface area contributed by atoms with Crippen LogP contribution in [0.15, 0.2) is 39.3 Å². The van der Waals surface area contributed by atoms with Crippen molar-refractivity contribution in [3.8, 4) is 0 Å². The number of rotatable bonds is 14. The Morgan fingerprint density at radius 1 is 1.15 bits per heavy atom. The van der Waals surface area contributed by atoms with E-state index >= 15 is 0 Å². The molecule has 39 heavy (non-hydrogen) atoms. The fourth-order valence-electron chi connectivity index (χ4n) is 4.38. The number of aromatic nitrogens is 1. The number of fused-ring (bicyclic) bond motifs is 1. The zero-order chi connectivity index (χ0) is 29.1. The minimum atomic E-state index is -4.53. The van der Waals surface area contributed by atoms with Crippen LogP contribution in [0.1, 0.15) is 77.8 Å². The first-order valence-electron chi connectivity index (χ1n) is 13.4. The van der Waals surface area contributed by atoms with Gasteiger partial charge in [-0.1, -0.05) is 52.9 Å². The van der Waals surface area contributed by atoms with Gasteiger partial charge in [-0.25, -0.2) is 0 Å². The fourth-order valence-corrected chi connectivity index (χ4v) is 4.90. The topological polar surface area (TPSA) is 110 Å². The number of nitrogens with one attached hydrogen (secondary N) is 2. The Bertz CT molecular complexity index is 1180. The standard InChI is InChI=1S/C18H36N4.C9H6F3NO3S/c1-5-20-17(22-16-18(2,3)15-21-22)13-11-9-7-6-8-10-12-14-19-4;10-9(11,12)8-4-5-3-6(17(14,15)16)1-2-7(5)13-8/h15,17,20H,4-14,16H2,1-3H3;1-4,13H,(H,14,15,16). The van der Waals surface area contributed by atoms with E-state index in [4.69, 9.17) is 4.55 Å². The van der Waals surface area contributed by atoms with Crippen molar-refractivity contribution < 1.29 is 26.1 Å². The zero-order valence-corrected chi connectivity index (χ0v) is 23.9. The molecule has 8 nitrogen and oxygen atoms in total. The molecule has 2 heterocycles. The van der Waals surface area contributed by atoms with Crippen LogP contribution >= 0.6 is 0 Å². The van der Waals surface area contributed by atoms with Crippen molar-refractivity contribution in [3.63, 3.8) is 0 Å². The number of alkyl halides is 3. The van der Waals surface area contributed by atoms with Gasteiger partial charge >= 0.3 is 6.18 Å². The van der Waals surface area contributed by atoms with Crippen molar-refractivity contribution in [1.29, 1.82) is 0 Å². The lowest BCUT2D eigenvalue weighted by molar-refractivity contribution is -0.140. The predicted molar refractivity (Wildman–Crippen MR) is 151 cm³/mol. The van der Waals surface area contributed by atoms with E-state index in [2.05, 4.69) is 59.1 Å². The van der Waals surface area contributed by atoms with Crippen molar-refractivity contribution in [2.24, 2.45) is 15.5 Å². The average Bonchev–Trinajstić information content (AvgIpc) is 3.44. The second-order valence-corrected chi connectivity index (χ2v) is 11.9. The van der Waals surface area contributed by atoms with Crippen LogP contribution in [0.5, 0.6) is 0 Å². The summed E-state index contributed by atoms with van der Waals surface area (Å²) < 4.78 is 67.4. The Labute approximate surface area is 229 Å². The average molecular weight is 574 g/mol. The van der Waals surface area contributed by atoms with Gasteiger partial charge in [0, 0.05) is 35.6 Å². The minimum Gasteiger partial charge on any atom is -0.351 e. The van der Waals surface area contributed by atoms with Gasteiger partial charge in [-0.3, -0.25) is 14.9 Å². The van der Waals surface area contributed by atoms with Crippen LogP contribution in [0.3, 0.4) is 0 Å². The first kappa shape index (κ1) is 32.8. The Hall–Kier alpha value is -2.44. The number of H-pyrrole nitrogens is 1. The van der Waals surface area contributed by atoms with Crippen molar-refractivity contribution in [2.75, 3.05) is 19.6 Å². The number of aliphatic imine (C=N–C) groups is 1. The van der Waals surface area contributed by atoms with Crippen LogP contribution in [0.4, 0.5) is 13.2 Å². The molecule has 0 saturated carbocycles. The van der Waals surface area contributed by atoms with Gasteiger partial charge in [-0.15, -0.1) is 0 Å². The highest BCUT2D eigenvalue weighted by atomic mass is 32.2. The molecule has 1 unspecified atom stereocenters. The van der Waals surface area contributed by atoms with E-state index in [0.717, 1.165) is 43.9 Å². The van der Waals surface area contributed by atoms with Crippen molar-refractivity contribution >= 4 is 34.0 Å². The summed E-state index contributed by atoms with van der Waals surface area (Å²) in [5, 5.41) is 10.5. The van der Waals surface area contributed by atoms with Gasteiger partial charge in [0.2, 0.25) is 0 Å². The summed E-state index contributed by atoms with van der Waals surface area (Å²) in [6.07, 6.45) is 8.35. The maximum Gasteiger partial charge on any atom is 0.431 e. The number of hydrogen-bond donors (Lipinski definition) is 3. The van der Waals surface area contributed by atoms with Crippen LogP contribution in [-0.4, -0.2) is 61.7 Å². The lowest BCUT2D eigenvalue weighted by atomic mass is 9.96. The Balaban J connectivity index is 0.000000282. The van der Waals surface area contributed by atoms with E-state index in [1.165, 1.54) is 51.4 Å². The lowest BCUT2D eigenvalue weighted by Gasteiger charge is -2.29. The molecule has 1 aliphatic heterocycles. The van der Waals surface area contributed by atoms with Gasteiger partial charge in [0.15, 0.2) is 0 Å². The summed E-state index contributed by atoms with van der Waals surface area (Å²) in [4.78, 5) is 5.56. The molecular formula is C27H42F3N5O3S. The molecule has 1 aromatic heterocycles. The molecule has 0 bridgehead atoms. The molecule has 3 N–H and O–H groups in total. The first-order chi connectivity index (χ1) is 18.3. The molecule has 12 heteroatoms. The maximum absolute atomic E-state index is 12.4. The van der Waals surface area contributed by atoms with E-state index < -0.39 is 26.9 Å². The summed E-state index contributed by atoms with van der Waals surface area (Å²) in [6.45, 7) is 13.2. The van der Waals surface area contributed by atoms with Crippen LogP contribution in [0, 0.1) is 5.41 Å². The number of aromatic amines is 1. The minimum absolute atomic E-state index is 0.0625. The quantitative estimate of drug-likeness (QED) is 0.136. The van der Waals surface area contributed by atoms with Crippen LogP contribution in [0.2, 0.25) is 0 Å². The summed E-state index contributed by atoms with van der Waals surface area (Å²) in [5.41, 5.74) is -0.613. The van der Waals surface area contributed by atoms with E-state index in [9.17, 15) is 21.6 Å². The number of halogens is 3. The maximum atomic E-state index is 12.4. The third kappa shape index (κ3) is 11.3. The first-order valence-corrected chi connectivity index (χ1v) is 14.9. The number of nitrogens with zero attached hydrogens (tertiary/aromatic N) is 3. The Morgan fingerprint density at radius 2 is 1.79 bits per heavy atom. The summed E-state index contributed by atoms with van der Waals surface area (Å²) in [6, 6.07) is 3.93. The smallest absolute Gasteiger partial charge is 0.351 e. The van der Waals surface area contributed by atoms with E-state index in [0.29, 0.717) is 6.17 Å². The second kappa shape index (κ2) is 14.8. The van der Waals surface area contributed by atoms with E-state index in [-0.39, 0.29) is 16.3 Å². The fraction of sp³-hybridized carbons (Fsp3) is 0.630. The molecule has 0 aliphatic carbocycles. The molecule has 0 spiro atoms. The van der Waals surface area contributed by atoms with Crippen molar-refractivity contribution in [1.82, 2.24) is 15.3 Å². The third-order valence-electron chi connectivity index (χ3n) is 6.41. The summed E-state index contributed by atoms with van der Waals surface area (Å²) >= 11 is 0. The normalized spacial score (nSPS) is 15.8. The number of hydrazone groups is 1. The number of unbranched alkanes of at least 4 members (excludes halogenated alkanes) is 6. The lowest BCUT2D eigenvalue weighted by Crippen LogP contribution is -2.43. The van der Waals surface area contributed by atoms with Gasteiger partial charge in [0.1, 0.15) is 5.69 Å². The van der Waals surface area contributed by atoms with Gasteiger partial charge in [-0.05, 0) is 56.8 Å². The largest absolute Gasteiger partial charge is 0.431 e. The molecule has 0 radical (unpaired) electrons. The molecule has 220 valence electrons. The van der Waals surface area contributed by atoms with Crippen LogP contribution in [0.25, 0.3) is 10.9 Å². The highest BCUT2D eigenvalue weighted by Crippen LogP contribution is 2.31. The second-order valence-electron chi connectivity index (χ2n) is 10.5. The highest BCUT2D eigenvalue weighted by molar-refractivity contribution is 7.85. The van der Waals surface area contributed by atoms with Gasteiger partial charge < -0.3 is 9.98 Å². The molecule has 1 aliphatic rings. The summed E-state index contributed by atoms with van der Waals surface area (Å²) in [5.74, 6) is 0. The van der Waals surface area contributed by atoms with Crippen molar-refractivity contribution in [3.05, 3.63) is 30.0 Å². The highest BCUT2D eigenvalue weighted by Gasteiger charge is 2.32. The molecule has 3 rings (SSSR count). The molecule has 2 aromatic rings. The SMILES string of the molecule is C=NCCCCCCCCCC(NCC)N1CC(C)(C)C=N1.O=S(=O)(O)c1ccc2[nH]c(C(F)(F)F)cc2c1. The predicted octanol–water partition coefficient (Wildman–Crippen LogP) is 6.50. The van der Waals surface area contributed by atoms with E-state index in [1.54, 1.807) is 0 Å². The van der Waals surface area contributed by atoms with Gasteiger partial charge in [-0.2, -0.15) is 26.7 Å². The Kier molecular flexibility index (Phi) is 12.4. The van der Waals surface area contributed by atoms with Gasteiger partial charge in [0.05, 0.1) is 11.1 Å². The molecule has 1 atom stereocenters. The number of benzene rings is 1. The zero-order valence-electron chi connectivity index (χ0n) is 23.1. The molecule has 0 saturated heterocycles. The molecule has 0 amide bonds. The summed E-state index contributed by atoms with van der Waals surface area (Å²) in [7, 11) is -4.42. The van der Waals surface area contributed by atoms with E-state index in [1.807, 2.05) is 0 Å². The molecule has 1 aromatic carbocycles. The van der Waals surface area contributed by atoms with Crippen LogP contribution < -0.4 is 5.32 Å². The molecular weight excluding hydrogens is 531 g/mol. The number of hydrogen-bond acceptors (Lipinski definition) is 6. The molecule has 0 fully saturated rings. The monoisotopic (exact) mass is 573 g/mol. The van der Waals surface area contributed by atoms with Crippen LogP contribution in [-0.2, 0) is 16.3 Å². The van der Waals surface area contributed by atoms with Crippen molar-refractivity contribution in [2.45, 2.75) is 89.4 Å². The van der Waals surface area contributed by atoms with Gasteiger partial charge in [0.25, 0.3) is 10.1 Å². The third-order valence-corrected chi connectivity index (χ3v) is 7.26.